The molecule has 2 N–H and O–H groups in total. The van der Waals surface area contributed by atoms with E-state index >= 15 is 0 Å². The molecule has 0 aliphatic carbocycles. The van der Waals surface area contributed by atoms with Crippen molar-refractivity contribution in [1.82, 2.24) is 5.32 Å². The van der Waals surface area contributed by atoms with Crippen LogP contribution >= 0.6 is 0 Å². The van der Waals surface area contributed by atoms with Crippen LogP contribution in [0.25, 0.3) is 0 Å². The summed E-state index contributed by atoms with van der Waals surface area (Å²) in [7, 11) is -1.99. The minimum absolute atomic E-state index is 0.0348. The zero-order valence-electron chi connectivity index (χ0n) is 18.7. The van der Waals surface area contributed by atoms with Gasteiger partial charge in [0.05, 0.1) is 6.61 Å². The number of amidine groups is 1. The highest BCUT2D eigenvalue weighted by atomic mass is 28.4. The summed E-state index contributed by atoms with van der Waals surface area (Å²) in [5, 5.41) is 10.7. The van der Waals surface area contributed by atoms with Crippen LogP contribution in [0.15, 0.2) is 48.5 Å². The molecule has 0 saturated carbocycles. The number of ether oxygens (including phenoxy) is 2. The first-order chi connectivity index (χ1) is 14.0. The van der Waals surface area contributed by atoms with E-state index in [4.69, 9.17) is 19.3 Å². The molecule has 2 aromatic rings. The van der Waals surface area contributed by atoms with Crippen LogP contribution in [0.2, 0.25) is 18.1 Å². The van der Waals surface area contributed by atoms with E-state index in [1.807, 2.05) is 43.3 Å². The Labute approximate surface area is 180 Å². The number of hydrogen-bond acceptors (Lipinski definition) is 5. The fraction of sp³-hybridized carbons (Fsp3) is 0.391. The summed E-state index contributed by atoms with van der Waals surface area (Å²) in [6, 6.07) is 14.6. The number of benzene rings is 2. The number of carbonyl (C=O) groups excluding carboxylic acids is 1. The third kappa shape index (κ3) is 6.62. The van der Waals surface area contributed by atoms with Crippen molar-refractivity contribution in [2.24, 2.45) is 0 Å². The summed E-state index contributed by atoms with van der Waals surface area (Å²) in [5.74, 6) is 1.44. The van der Waals surface area contributed by atoms with E-state index in [2.05, 4.69) is 39.2 Å². The predicted octanol–water partition coefficient (Wildman–Crippen LogP) is 5.72. The molecule has 0 heterocycles. The Morgan fingerprint density at radius 2 is 1.73 bits per heavy atom. The van der Waals surface area contributed by atoms with Gasteiger partial charge in [-0.1, -0.05) is 45.0 Å². The summed E-state index contributed by atoms with van der Waals surface area (Å²) in [6.07, 6.45) is -0.676. The molecule has 2 rings (SSSR count). The van der Waals surface area contributed by atoms with Crippen molar-refractivity contribution in [2.75, 3.05) is 6.61 Å². The van der Waals surface area contributed by atoms with Crippen LogP contribution in [0.4, 0.5) is 4.79 Å². The Morgan fingerprint density at radius 3 is 2.33 bits per heavy atom. The minimum atomic E-state index is -1.99. The Balaban J connectivity index is 1.93. The lowest BCUT2D eigenvalue weighted by Crippen LogP contribution is -2.43. The lowest BCUT2D eigenvalue weighted by Gasteiger charge is -2.36. The topological polar surface area (TPSA) is 80.6 Å². The molecule has 0 bridgehead atoms. The van der Waals surface area contributed by atoms with E-state index in [9.17, 15) is 4.79 Å². The summed E-state index contributed by atoms with van der Waals surface area (Å²) in [4.78, 5) is 12.1. The van der Waals surface area contributed by atoms with Gasteiger partial charge in [0.15, 0.2) is 0 Å². The maximum absolute atomic E-state index is 12.1. The molecule has 0 spiro atoms. The molecule has 0 aliphatic heterocycles. The summed E-state index contributed by atoms with van der Waals surface area (Å²) in [6.45, 7) is 13.5. The van der Waals surface area contributed by atoms with Gasteiger partial charge in [-0.05, 0) is 54.9 Å². The normalized spacial score (nSPS) is 11.5. The lowest BCUT2D eigenvalue weighted by atomic mass is 10.2. The van der Waals surface area contributed by atoms with Gasteiger partial charge in [-0.15, -0.1) is 0 Å². The van der Waals surface area contributed by atoms with Crippen LogP contribution < -0.4 is 14.5 Å². The highest BCUT2D eigenvalue weighted by Crippen LogP contribution is 2.37. The average molecular weight is 429 g/mol. The predicted molar refractivity (Wildman–Crippen MR) is 122 cm³/mol. The van der Waals surface area contributed by atoms with Crippen LogP contribution in [0, 0.1) is 5.41 Å². The highest BCUT2D eigenvalue weighted by Gasteiger charge is 2.39. The number of carbonyl (C=O) groups is 1. The highest BCUT2D eigenvalue weighted by molar-refractivity contribution is 6.74. The van der Waals surface area contributed by atoms with Gasteiger partial charge < -0.3 is 13.9 Å². The molecule has 0 radical (unpaired) electrons. The minimum Gasteiger partial charge on any atom is -0.543 e. The van der Waals surface area contributed by atoms with Gasteiger partial charge in [0.1, 0.15) is 23.9 Å². The van der Waals surface area contributed by atoms with Crippen LogP contribution in [-0.2, 0) is 11.3 Å². The van der Waals surface area contributed by atoms with E-state index < -0.39 is 14.4 Å². The van der Waals surface area contributed by atoms with Gasteiger partial charge in [0.2, 0.25) is 8.32 Å². The molecule has 2 aromatic carbocycles. The first-order valence-corrected chi connectivity index (χ1v) is 13.0. The van der Waals surface area contributed by atoms with Gasteiger partial charge in [-0.2, -0.15) is 0 Å². The standard InChI is InChI=1S/C23H32N2O4Si/c1-7-27-19-13-11-17(12-14-19)16-28-22(26)25-21(24)18-9-8-10-20(15-18)29-30(5,6)23(2,3)4/h8-15H,7,16H2,1-6H3,(H2,24,25,26). The molecule has 30 heavy (non-hydrogen) atoms. The van der Waals surface area contributed by atoms with Gasteiger partial charge in [-0.3, -0.25) is 10.7 Å². The average Bonchev–Trinajstić information content (AvgIpc) is 2.66. The maximum Gasteiger partial charge on any atom is 0.413 e. The number of rotatable bonds is 7. The number of alkyl carbamates (subject to hydrolysis) is 1. The van der Waals surface area contributed by atoms with Gasteiger partial charge >= 0.3 is 6.09 Å². The lowest BCUT2D eigenvalue weighted by molar-refractivity contribution is 0.145. The molecular formula is C23H32N2O4Si. The molecule has 0 saturated heterocycles. The fourth-order valence-corrected chi connectivity index (χ4v) is 3.39. The van der Waals surface area contributed by atoms with Crippen LogP contribution in [0.3, 0.4) is 0 Å². The van der Waals surface area contributed by atoms with Gasteiger partial charge in [-0.25, -0.2) is 4.79 Å². The van der Waals surface area contributed by atoms with Crippen molar-refractivity contribution in [1.29, 1.82) is 5.41 Å². The first kappa shape index (κ1) is 23.5. The molecular weight excluding hydrogens is 396 g/mol. The second kappa shape index (κ2) is 9.80. The van der Waals surface area contributed by atoms with E-state index in [1.165, 1.54) is 0 Å². The smallest absolute Gasteiger partial charge is 0.413 e. The molecule has 0 atom stereocenters. The number of nitrogens with one attached hydrogen (secondary N) is 2. The molecule has 6 nitrogen and oxygen atoms in total. The second-order valence-electron chi connectivity index (χ2n) is 8.54. The first-order valence-electron chi connectivity index (χ1n) is 10.1. The Morgan fingerprint density at radius 1 is 1.07 bits per heavy atom. The molecule has 1 amide bonds. The number of hydrogen-bond donors (Lipinski definition) is 2. The summed E-state index contributed by atoms with van der Waals surface area (Å²) >= 11 is 0. The molecule has 0 unspecified atom stereocenters. The molecule has 0 aliphatic rings. The van der Waals surface area contributed by atoms with Crippen molar-refractivity contribution in [3.05, 3.63) is 59.7 Å². The summed E-state index contributed by atoms with van der Waals surface area (Å²) < 4.78 is 16.9. The van der Waals surface area contributed by atoms with Crippen LogP contribution in [0.5, 0.6) is 11.5 Å². The van der Waals surface area contributed by atoms with Crippen molar-refractivity contribution >= 4 is 20.2 Å². The largest absolute Gasteiger partial charge is 0.543 e. The van der Waals surface area contributed by atoms with Crippen LogP contribution in [-0.4, -0.2) is 26.9 Å². The van der Waals surface area contributed by atoms with Crippen molar-refractivity contribution in [3.8, 4) is 11.5 Å². The van der Waals surface area contributed by atoms with Crippen molar-refractivity contribution < 1.29 is 18.7 Å². The van der Waals surface area contributed by atoms with Gasteiger partial charge in [0, 0.05) is 5.56 Å². The van der Waals surface area contributed by atoms with E-state index in [0.717, 1.165) is 11.3 Å². The van der Waals surface area contributed by atoms with Gasteiger partial charge in [0.25, 0.3) is 0 Å². The SMILES string of the molecule is CCOc1ccc(COC(=O)NC(=N)c2cccc(O[Si](C)(C)C(C)(C)C)c2)cc1. The quantitative estimate of drug-likeness (QED) is 0.336. The molecule has 0 aromatic heterocycles. The van der Waals surface area contributed by atoms with E-state index in [-0.39, 0.29) is 17.5 Å². The van der Waals surface area contributed by atoms with Crippen LogP contribution in [0.1, 0.15) is 38.8 Å². The zero-order valence-corrected chi connectivity index (χ0v) is 19.7. The second-order valence-corrected chi connectivity index (χ2v) is 13.3. The number of amides is 1. The maximum atomic E-state index is 12.1. The fourth-order valence-electron chi connectivity index (χ4n) is 2.37. The Hall–Kier alpha value is -2.80. The molecule has 0 fully saturated rings. The monoisotopic (exact) mass is 428 g/mol. The van der Waals surface area contributed by atoms with Crippen molar-refractivity contribution in [2.45, 2.75) is 52.4 Å². The third-order valence-electron chi connectivity index (χ3n) is 5.13. The third-order valence-corrected chi connectivity index (χ3v) is 9.49. The molecule has 162 valence electrons. The Kier molecular flexibility index (Phi) is 7.67. The van der Waals surface area contributed by atoms with E-state index in [0.29, 0.717) is 17.9 Å². The zero-order chi connectivity index (χ0) is 22.4. The Bertz CT molecular complexity index is 874. The van der Waals surface area contributed by atoms with E-state index in [1.54, 1.807) is 12.1 Å². The molecule has 7 heteroatoms. The van der Waals surface area contributed by atoms with Crippen molar-refractivity contribution in [3.63, 3.8) is 0 Å². The summed E-state index contributed by atoms with van der Waals surface area (Å²) in [5.41, 5.74) is 1.40.